The SMILES string of the molecule is CCCCn1ncc(Nc2cnn(C)c2)c(Cl)c1=O. The predicted molar refractivity (Wildman–Crippen MR) is 74.9 cm³/mol. The Morgan fingerprint density at radius 3 is 2.79 bits per heavy atom. The molecule has 19 heavy (non-hydrogen) atoms. The quantitative estimate of drug-likeness (QED) is 0.912. The van der Waals surface area contributed by atoms with Crippen LogP contribution in [0.2, 0.25) is 5.02 Å². The highest BCUT2D eigenvalue weighted by Gasteiger charge is 2.09. The normalized spacial score (nSPS) is 10.7. The minimum atomic E-state index is -0.274. The summed E-state index contributed by atoms with van der Waals surface area (Å²) in [4.78, 5) is 12.0. The Morgan fingerprint density at radius 1 is 1.37 bits per heavy atom. The van der Waals surface area contributed by atoms with Crippen LogP contribution in [0.1, 0.15) is 19.8 Å². The van der Waals surface area contributed by atoms with E-state index < -0.39 is 0 Å². The van der Waals surface area contributed by atoms with Crippen molar-refractivity contribution in [3.8, 4) is 0 Å². The number of nitrogens with one attached hydrogen (secondary N) is 1. The van der Waals surface area contributed by atoms with E-state index in [4.69, 9.17) is 11.6 Å². The molecule has 0 amide bonds. The van der Waals surface area contributed by atoms with Gasteiger partial charge in [-0.15, -0.1) is 0 Å². The number of anilines is 2. The summed E-state index contributed by atoms with van der Waals surface area (Å²) in [6.45, 7) is 2.65. The van der Waals surface area contributed by atoms with Crippen molar-refractivity contribution >= 4 is 23.0 Å². The van der Waals surface area contributed by atoms with Gasteiger partial charge in [0.2, 0.25) is 0 Å². The first-order valence-corrected chi connectivity index (χ1v) is 6.51. The van der Waals surface area contributed by atoms with Crippen molar-refractivity contribution in [3.05, 3.63) is 34.0 Å². The predicted octanol–water partition coefficient (Wildman–Crippen LogP) is 2.17. The monoisotopic (exact) mass is 281 g/mol. The average molecular weight is 282 g/mol. The summed E-state index contributed by atoms with van der Waals surface area (Å²) in [6.07, 6.45) is 6.91. The van der Waals surface area contributed by atoms with E-state index in [9.17, 15) is 4.79 Å². The molecule has 0 aliphatic carbocycles. The van der Waals surface area contributed by atoms with Gasteiger partial charge in [-0.05, 0) is 6.42 Å². The van der Waals surface area contributed by atoms with Gasteiger partial charge in [-0.3, -0.25) is 9.48 Å². The molecule has 6 nitrogen and oxygen atoms in total. The summed E-state index contributed by atoms with van der Waals surface area (Å²) in [5.41, 5.74) is 0.980. The summed E-state index contributed by atoms with van der Waals surface area (Å²) in [6, 6.07) is 0. The standard InChI is InChI=1S/C12H16ClN5O/c1-3-4-5-18-12(19)11(13)10(7-15-18)16-9-6-14-17(2)8-9/h6-8,16H,3-5H2,1-2H3. The lowest BCUT2D eigenvalue weighted by molar-refractivity contribution is 0.543. The van der Waals surface area contributed by atoms with E-state index in [-0.39, 0.29) is 10.6 Å². The summed E-state index contributed by atoms with van der Waals surface area (Å²) >= 11 is 6.07. The molecule has 0 fully saturated rings. The van der Waals surface area contributed by atoms with E-state index in [1.807, 2.05) is 7.05 Å². The van der Waals surface area contributed by atoms with Crippen LogP contribution in [0.3, 0.4) is 0 Å². The second kappa shape index (κ2) is 5.88. The van der Waals surface area contributed by atoms with E-state index in [2.05, 4.69) is 22.4 Å². The van der Waals surface area contributed by atoms with Crippen molar-refractivity contribution < 1.29 is 0 Å². The molecule has 102 valence electrons. The van der Waals surface area contributed by atoms with Crippen LogP contribution >= 0.6 is 11.6 Å². The van der Waals surface area contributed by atoms with E-state index in [0.29, 0.717) is 12.2 Å². The first-order valence-electron chi connectivity index (χ1n) is 6.13. The first-order chi connectivity index (χ1) is 9.11. The van der Waals surface area contributed by atoms with Crippen LogP contribution in [0, 0.1) is 0 Å². The van der Waals surface area contributed by atoms with E-state index >= 15 is 0 Å². The van der Waals surface area contributed by atoms with Crippen LogP contribution in [0.5, 0.6) is 0 Å². The molecule has 0 aliphatic heterocycles. The number of halogens is 1. The maximum absolute atomic E-state index is 12.0. The number of hydrogen-bond donors (Lipinski definition) is 1. The lowest BCUT2D eigenvalue weighted by Gasteiger charge is -2.08. The fraction of sp³-hybridized carbons (Fsp3) is 0.417. The van der Waals surface area contributed by atoms with Gasteiger partial charge >= 0.3 is 0 Å². The molecule has 2 aromatic heterocycles. The average Bonchev–Trinajstić information content (AvgIpc) is 2.80. The second-order valence-electron chi connectivity index (χ2n) is 4.28. The zero-order valence-electron chi connectivity index (χ0n) is 10.9. The lowest BCUT2D eigenvalue weighted by Crippen LogP contribution is -2.23. The largest absolute Gasteiger partial charge is 0.350 e. The molecule has 0 bridgehead atoms. The highest BCUT2D eigenvalue weighted by molar-refractivity contribution is 6.33. The third-order valence-electron chi connectivity index (χ3n) is 2.69. The number of hydrogen-bond acceptors (Lipinski definition) is 4. The second-order valence-corrected chi connectivity index (χ2v) is 4.66. The van der Waals surface area contributed by atoms with Crippen LogP contribution < -0.4 is 10.9 Å². The third-order valence-corrected chi connectivity index (χ3v) is 3.06. The van der Waals surface area contributed by atoms with Crippen molar-refractivity contribution in [3.63, 3.8) is 0 Å². The van der Waals surface area contributed by atoms with Crippen molar-refractivity contribution in [2.75, 3.05) is 5.32 Å². The summed E-state index contributed by atoms with van der Waals surface area (Å²) in [5.74, 6) is 0. The molecule has 2 aromatic rings. The van der Waals surface area contributed by atoms with Gasteiger partial charge in [0.1, 0.15) is 5.02 Å². The van der Waals surface area contributed by atoms with Crippen molar-refractivity contribution in [2.45, 2.75) is 26.3 Å². The smallest absolute Gasteiger partial charge is 0.287 e. The Balaban J connectivity index is 2.23. The molecule has 0 saturated heterocycles. The lowest BCUT2D eigenvalue weighted by atomic mass is 10.3. The molecule has 0 spiro atoms. The molecule has 0 unspecified atom stereocenters. The van der Waals surface area contributed by atoms with Gasteiger partial charge in [-0.25, -0.2) is 4.68 Å². The Hall–Kier alpha value is -1.82. The van der Waals surface area contributed by atoms with E-state index in [1.165, 1.54) is 4.68 Å². The molecule has 0 atom stereocenters. The zero-order chi connectivity index (χ0) is 13.8. The molecular formula is C12H16ClN5O. The van der Waals surface area contributed by atoms with Crippen LogP contribution in [0.15, 0.2) is 23.4 Å². The molecular weight excluding hydrogens is 266 g/mol. The Bertz CT molecular complexity index is 619. The highest BCUT2D eigenvalue weighted by Crippen LogP contribution is 2.20. The molecule has 0 aromatic carbocycles. The summed E-state index contributed by atoms with van der Waals surface area (Å²) in [7, 11) is 1.81. The highest BCUT2D eigenvalue weighted by atomic mass is 35.5. The van der Waals surface area contributed by atoms with Crippen LogP contribution in [0.4, 0.5) is 11.4 Å². The molecule has 0 radical (unpaired) electrons. The minimum Gasteiger partial charge on any atom is -0.350 e. The fourth-order valence-electron chi connectivity index (χ4n) is 1.66. The third kappa shape index (κ3) is 3.14. The van der Waals surface area contributed by atoms with E-state index in [0.717, 1.165) is 18.5 Å². The van der Waals surface area contributed by atoms with Gasteiger partial charge < -0.3 is 5.32 Å². The van der Waals surface area contributed by atoms with Crippen molar-refractivity contribution in [1.82, 2.24) is 19.6 Å². The number of unbranched alkanes of at least 4 members (excludes halogenated alkanes) is 1. The van der Waals surface area contributed by atoms with Crippen molar-refractivity contribution in [2.24, 2.45) is 7.05 Å². The molecule has 2 heterocycles. The molecule has 7 heteroatoms. The number of aryl methyl sites for hydroxylation is 2. The topological polar surface area (TPSA) is 64.7 Å². The van der Waals surface area contributed by atoms with Crippen LogP contribution in [0.25, 0.3) is 0 Å². The Morgan fingerprint density at radius 2 is 2.16 bits per heavy atom. The summed E-state index contributed by atoms with van der Waals surface area (Å²) in [5, 5.41) is 11.3. The maximum Gasteiger partial charge on any atom is 0.287 e. The van der Waals surface area contributed by atoms with Gasteiger partial charge in [0.25, 0.3) is 5.56 Å². The molecule has 2 rings (SSSR count). The van der Waals surface area contributed by atoms with E-state index in [1.54, 1.807) is 23.3 Å². The summed E-state index contributed by atoms with van der Waals surface area (Å²) < 4.78 is 3.05. The maximum atomic E-state index is 12.0. The molecule has 0 aliphatic rings. The first kappa shape index (κ1) is 13.6. The van der Waals surface area contributed by atoms with Crippen LogP contribution in [-0.2, 0) is 13.6 Å². The van der Waals surface area contributed by atoms with Gasteiger partial charge in [0.15, 0.2) is 0 Å². The van der Waals surface area contributed by atoms with Gasteiger partial charge in [-0.2, -0.15) is 10.2 Å². The Labute approximate surface area is 116 Å². The molecule has 1 N–H and O–H groups in total. The number of nitrogens with zero attached hydrogens (tertiary/aromatic N) is 4. The molecule has 0 saturated carbocycles. The van der Waals surface area contributed by atoms with Gasteiger partial charge in [0.05, 0.1) is 23.8 Å². The van der Waals surface area contributed by atoms with Crippen LogP contribution in [-0.4, -0.2) is 19.6 Å². The minimum absolute atomic E-state index is 0.148. The number of rotatable bonds is 5. The van der Waals surface area contributed by atoms with Gasteiger partial charge in [-0.1, -0.05) is 24.9 Å². The Kier molecular flexibility index (Phi) is 4.21. The fourth-order valence-corrected chi connectivity index (χ4v) is 1.85. The van der Waals surface area contributed by atoms with Crippen molar-refractivity contribution in [1.29, 1.82) is 0 Å². The zero-order valence-corrected chi connectivity index (χ0v) is 11.7. The number of aromatic nitrogens is 4. The van der Waals surface area contributed by atoms with Gasteiger partial charge in [0, 0.05) is 19.8 Å².